The van der Waals surface area contributed by atoms with Crippen LogP contribution >= 0.6 is 22.9 Å². The molecule has 3 rings (SSSR count). The molecule has 0 bridgehead atoms. The number of hydrogen-bond acceptors (Lipinski definition) is 4. The van der Waals surface area contributed by atoms with E-state index in [-0.39, 0.29) is 16.9 Å². The van der Waals surface area contributed by atoms with Gasteiger partial charge in [0.25, 0.3) is 5.91 Å². The summed E-state index contributed by atoms with van der Waals surface area (Å²) in [4.78, 5) is 27.1. The quantitative estimate of drug-likeness (QED) is 0.248. The molecule has 190 valence electrons. The molecule has 0 fully saturated rings. The predicted molar refractivity (Wildman–Crippen MR) is 154 cm³/mol. The maximum absolute atomic E-state index is 13.2. The second-order valence-electron chi connectivity index (χ2n) is 8.43. The van der Waals surface area contributed by atoms with E-state index >= 15 is 0 Å². The minimum atomic E-state index is -0.372. The lowest BCUT2D eigenvalue weighted by atomic mass is 10.1. The van der Waals surface area contributed by atoms with Gasteiger partial charge in [-0.1, -0.05) is 48.0 Å². The van der Waals surface area contributed by atoms with Gasteiger partial charge in [-0.3, -0.25) is 9.59 Å². The number of thiophene rings is 1. The minimum absolute atomic E-state index is 0.158. The number of nitrogens with one attached hydrogen (secondary N) is 2. The molecule has 0 aliphatic heterocycles. The Morgan fingerprint density at radius 2 is 1.89 bits per heavy atom. The Bertz CT molecular complexity index is 1300. The Kier molecular flexibility index (Phi) is 11.7. The predicted octanol–water partition coefficient (Wildman–Crippen LogP) is 6.13. The molecule has 7 heteroatoms. The zero-order valence-corrected chi connectivity index (χ0v) is 22.9. The van der Waals surface area contributed by atoms with E-state index in [2.05, 4.69) is 42.6 Å². The molecule has 1 aromatic carbocycles. The Morgan fingerprint density at radius 3 is 2.56 bits per heavy atom. The zero-order chi connectivity index (χ0) is 26.7. The van der Waals surface area contributed by atoms with Crippen LogP contribution in [-0.2, 0) is 20.1 Å². The third-order valence-electron chi connectivity index (χ3n) is 5.77. The first kappa shape index (κ1) is 29.1. The number of terminal acetylenes is 1. The van der Waals surface area contributed by atoms with Gasteiger partial charge in [0, 0.05) is 42.3 Å². The summed E-state index contributed by atoms with van der Waals surface area (Å²) in [7, 11) is 1.88. The van der Waals surface area contributed by atoms with E-state index in [1.165, 1.54) is 11.3 Å². The monoisotopic (exact) mass is 523 g/mol. The molecule has 0 aliphatic carbocycles. The summed E-state index contributed by atoms with van der Waals surface area (Å²) in [5.41, 5.74) is 2.83. The zero-order valence-electron chi connectivity index (χ0n) is 21.3. The maximum atomic E-state index is 13.2. The molecule has 0 saturated heterocycles. The van der Waals surface area contributed by atoms with E-state index in [4.69, 9.17) is 11.6 Å². The first-order valence-corrected chi connectivity index (χ1v) is 13.0. The van der Waals surface area contributed by atoms with Crippen LogP contribution in [0.1, 0.15) is 53.1 Å². The highest BCUT2D eigenvalue weighted by atomic mass is 35.5. The Balaban J connectivity index is 0.00000222. The van der Waals surface area contributed by atoms with Gasteiger partial charge in [0.2, 0.25) is 5.43 Å². The third kappa shape index (κ3) is 7.69. The van der Waals surface area contributed by atoms with Crippen LogP contribution in [0.3, 0.4) is 0 Å². The van der Waals surface area contributed by atoms with Crippen molar-refractivity contribution in [3.63, 3.8) is 0 Å². The van der Waals surface area contributed by atoms with Gasteiger partial charge in [-0.25, -0.2) is 0 Å². The molecule has 2 aromatic heterocycles. The van der Waals surface area contributed by atoms with E-state index in [9.17, 15) is 9.59 Å². The summed E-state index contributed by atoms with van der Waals surface area (Å²) in [5, 5.41) is 7.06. The number of carbonyl (C=O) groups excluding carboxylic acids is 1. The van der Waals surface area contributed by atoms with Crippen molar-refractivity contribution in [2.24, 2.45) is 7.05 Å². The lowest BCUT2D eigenvalue weighted by Crippen LogP contribution is -2.29. The average molecular weight is 524 g/mol. The third-order valence-corrected chi connectivity index (χ3v) is 7.30. The van der Waals surface area contributed by atoms with Crippen molar-refractivity contribution in [2.75, 3.05) is 0 Å². The average Bonchev–Trinajstić information content (AvgIpc) is 3.22. The number of pyridine rings is 1. The lowest BCUT2D eigenvalue weighted by molar-refractivity contribution is 0.0949. The molecule has 0 aliphatic rings. The normalized spacial score (nSPS) is 12.1. The van der Waals surface area contributed by atoms with Gasteiger partial charge in [0.05, 0.1) is 10.2 Å². The second-order valence-corrected chi connectivity index (χ2v) is 9.97. The topological polar surface area (TPSA) is 63.1 Å². The van der Waals surface area contributed by atoms with E-state index < -0.39 is 0 Å². The fourth-order valence-corrected chi connectivity index (χ4v) is 5.15. The molecule has 1 amide bonds. The number of amides is 1. The Hall–Kier alpha value is -3.11. The number of aryl methyl sites for hydroxylation is 2. The highest BCUT2D eigenvalue weighted by Crippen LogP contribution is 2.28. The lowest BCUT2D eigenvalue weighted by Gasteiger charge is -2.12. The molecule has 2 heterocycles. The van der Waals surface area contributed by atoms with Gasteiger partial charge in [0.15, 0.2) is 0 Å². The molecule has 36 heavy (non-hydrogen) atoms. The highest BCUT2D eigenvalue weighted by molar-refractivity contribution is 7.19. The van der Waals surface area contributed by atoms with Crippen LogP contribution in [-0.4, -0.2) is 16.5 Å². The van der Waals surface area contributed by atoms with Crippen molar-refractivity contribution in [1.82, 2.24) is 15.2 Å². The van der Waals surface area contributed by atoms with Gasteiger partial charge in [0.1, 0.15) is 5.56 Å². The van der Waals surface area contributed by atoms with E-state index in [0.717, 1.165) is 34.4 Å². The molecular weight excluding hydrogens is 490 g/mol. The number of carbonyl (C=O) groups is 1. The fourth-order valence-electron chi connectivity index (χ4n) is 3.78. The van der Waals surface area contributed by atoms with Gasteiger partial charge in [-0.15, -0.1) is 24.2 Å². The Labute approximate surface area is 222 Å². The summed E-state index contributed by atoms with van der Waals surface area (Å²) in [6, 6.07) is 7.62. The SMILES string of the molecule is C#C.C/C=C\C=C/CCC(C)NCc1sc2c(=O)c(C(=O)NCc3ccc(Cl)cc3)cn(C)c2c1C. The molecule has 2 N–H and O–H groups in total. The van der Waals surface area contributed by atoms with Gasteiger partial charge in [-0.2, -0.15) is 0 Å². The molecule has 0 radical (unpaired) electrons. The van der Waals surface area contributed by atoms with Crippen LogP contribution in [0, 0.1) is 19.8 Å². The number of rotatable bonds is 10. The van der Waals surface area contributed by atoms with Crippen molar-refractivity contribution in [3.8, 4) is 12.8 Å². The number of benzene rings is 1. The first-order chi connectivity index (χ1) is 17.3. The summed E-state index contributed by atoms with van der Waals surface area (Å²) >= 11 is 7.39. The van der Waals surface area contributed by atoms with Crippen molar-refractivity contribution in [3.05, 3.63) is 91.6 Å². The van der Waals surface area contributed by atoms with Crippen LogP contribution in [0.4, 0.5) is 0 Å². The number of aromatic nitrogens is 1. The van der Waals surface area contributed by atoms with Crippen molar-refractivity contribution >= 4 is 39.1 Å². The van der Waals surface area contributed by atoms with Gasteiger partial charge in [-0.05, 0) is 56.9 Å². The first-order valence-electron chi connectivity index (χ1n) is 11.8. The standard InChI is InChI=1S/C27H32ClN3O2S.C2H2/c1-5-6-7-8-9-10-18(2)29-16-23-19(3)24-26(34-23)25(32)22(17-31(24)4)27(33)30-15-20-11-13-21(28)14-12-20;1-2/h5-8,11-14,17-18,29H,9-10,15-16H2,1-4H3,(H,30,33);1-2H/b6-5-,8-7-;. The molecule has 3 aromatic rings. The maximum Gasteiger partial charge on any atom is 0.257 e. The molecule has 1 atom stereocenters. The molecule has 0 spiro atoms. The molecule has 5 nitrogen and oxygen atoms in total. The number of hydrogen-bond donors (Lipinski definition) is 2. The largest absolute Gasteiger partial charge is 0.349 e. The molecular formula is C29H34ClN3O2S. The number of nitrogens with zero attached hydrogens (tertiary/aromatic N) is 1. The number of fused-ring (bicyclic) bond motifs is 1. The second kappa shape index (κ2) is 14.4. The van der Waals surface area contributed by atoms with Crippen LogP contribution in [0.5, 0.6) is 0 Å². The summed E-state index contributed by atoms with van der Waals surface area (Å²) in [6.45, 7) is 7.25. The fraction of sp³-hybridized carbons (Fsp3) is 0.310. The van der Waals surface area contributed by atoms with Crippen LogP contribution < -0.4 is 16.1 Å². The van der Waals surface area contributed by atoms with Crippen LogP contribution in [0.2, 0.25) is 5.02 Å². The summed E-state index contributed by atoms with van der Waals surface area (Å²) in [6.07, 6.45) is 20.0. The smallest absolute Gasteiger partial charge is 0.257 e. The van der Waals surface area contributed by atoms with E-state index in [1.807, 2.05) is 49.7 Å². The number of allylic oxidation sites excluding steroid dienone is 4. The molecule has 0 saturated carbocycles. The summed E-state index contributed by atoms with van der Waals surface area (Å²) < 4.78 is 2.51. The van der Waals surface area contributed by atoms with E-state index in [0.29, 0.717) is 28.9 Å². The number of halogens is 1. The van der Waals surface area contributed by atoms with Crippen LogP contribution in [0.15, 0.2) is 59.6 Å². The van der Waals surface area contributed by atoms with Crippen molar-refractivity contribution in [1.29, 1.82) is 0 Å². The van der Waals surface area contributed by atoms with Gasteiger partial charge < -0.3 is 15.2 Å². The van der Waals surface area contributed by atoms with E-state index in [1.54, 1.807) is 18.3 Å². The summed E-state index contributed by atoms with van der Waals surface area (Å²) in [5.74, 6) is -0.372. The highest BCUT2D eigenvalue weighted by Gasteiger charge is 2.19. The van der Waals surface area contributed by atoms with Gasteiger partial charge >= 0.3 is 0 Å². The Morgan fingerprint density at radius 1 is 1.19 bits per heavy atom. The minimum Gasteiger partial charge on any atom is -0.349 e. The molecule has 1 unspecified atom stereocenters. The van der Waals surface area contributed by atoms with Crippen molar-refractivity contribution in [2.45, 2.75) is 52.7 Å². The van der Waals surface area contributed by atoms with Crippen LogP contribution in [0.25, 0.3) is 10.2 Å². The van der Waals surface area contributed by atoms with Crippen molar-refractivity contribution < 1.29 is 4.79 Å².